The number of carbonyl (C=O) groups is 1. The number of hydrogen-bond donors (Lipinski definition) is 1. The number of halogens is 3. The molecule has 0 bridgehead atoms. The maximum Gasteiger partial charge on any atom is 0.416 e. The minimum Gasteiger partial charge on any atom is -0.493 e. The standard InChI is InChI=1S/C24H21F3N2O6S/c1-33-20-10-6-7-16(23(20)34-2)14-22(30)29-28-15-17-13-18(24(25,26)27)11-12-21(17)36(31,32)35-19-8-4-3-5-9-19/h3-13,15H,14H2,1-2H3,(H,29,30)/b28-15+. The molecule has 3 rings (SSSR count). The van der Waals surface area contributed by atoms with E-state index in [2.05, 4.69) is 10.5 Å². The lowest BCUT2D eigenvalue weighted by molar-refractivity contribution is -0.137. The summed E-state index contributed by atoms with van der Waals surface area (Å²) in [6.45, 7) is 0. The van der Waals surface area contributed by atoms with Crippen LogP contribution >= 0.6 is 0 Å². The molecule has 0 unspecified atom stereocenters. The van der Waals surface area contributed by atoms with E-state index in [1.807, 2.05) is 0 Å². The normalized spacial score (nSPS) is 11.8. The second-order valence-electron chi connectivity index (χ2n) is 7.22. The molecule has 0 aliphatic rings. The number of nitrogens with one attached hydrogen (secondary N) is 1. The van der Waals surface area contributed by atoms with Crippen LogP contribution < -0.4 is 19.1 Å². The van der Waals surface area contributed by atoms with Gasteiger partial charge in [0.1, 0.15) is 10.6 Å². The molecule has 0 aromatic heterocycles. The average molecular weight is 523 g/mol. The van der Waals surface area contributed by atoms with E-state index in [1.165, 1.54) is 38.5 Å². The first-order chi connectivity index (χ1) is 17.0. The van der Waals surface area contributed by atoms with Crippen molar-refractivity contribution < 1.29 is 40.0 Å². The minimum absolute atomic E-state index is 0.0270. The lowest BCUT2D eigenvalue weighted by atomic mass is 10.1. The van der Waals surface area contributed by atoms with Crippen molar-refractivity contribution in [3.05, 3.63) is 83.4 Å². The van der Waals surface area contributed by atoms with E-state index < -0.39 is 38.2 Å². The van der Waals surface area contributed by atoms with Gasteiger partial charge in [-0.3, -0.25) is 4.79 Å². The molecule has 0 aliphatic carbocycles. The molecule has 3 aromatic rings. The number of amides is 1. The lowest BCUT2D eigenvalue weighted by Crippen LogP contribution is -2.20. The average Bonchev–Trinajstić information content (AvgIpc) is 2.83. The Morgan fingerprint density at radius 2 is 1.72 bits per heavy atom. The maximum atomic E-state index is 13.3. The molecule has 0 saturated heterocycles. The van der Waals surface area contributed by atoms with Crippen LogP contribution in [0.3, 0.4) is 0 Å². The summed E-state index contributed by atoms with van der Waals surface area (Å²) in [5.74, 6) is 0.0857. The molecule has 190 valence electrons. The molecule has 3 aromatic carbocycles. The summed E-state index contributed by atoms with van der Waals surface area (Å²) >= 11 is 0. The third-order valence-corrected chi connectivity index (χ3v) is 6.11. The Bertz CT molecular complexity index is 1360. The lowest BCUT2D eigenvalue weighted by Gasteiger charge is -2.13. The Labute approximate surface area is 205 Å². The largest absolute Gasteiger partial charge is 0.493 e. The van der Waals surface area contributed by atoms with Crippen LogP contribution in [0.25, 0.3) is 0 Å². The van der Waals surface area contributed by atoms with Crippen LogP contribution in [0.1, 0.15) is 16.7 Å². The van der Waals surface area contributed by atoms with Crippen LogP contribution in [0.15, 0.2) is 76.7 Å². The first-order valence-electron chi connectivity index (χ1n) is 10.3. The first kappa shape index (κ1) is 26.5. The highest BCUT2D eigenvalue weighted by atomic mass is 32.2. The van der Waals surface area contributed by atoms with Gasteiger partial charge >= 0.3 is 16.3 Å². The molecular formula is C24H21F3N2O6S. The number of nitrogens with zero attached hydrogens (tertiary/aromatic N) is 1. The Morgan fingerprint density at radius 3 is 2.36 bits per heavy atom. The maximum absolute atomic E-state index is 13.3. The fourth-order valence-electron chi connectivity index (χ4n) is 3.18. The van der Waals surface area contributed by atoms with Crippen molar-refractivity contribution in [3.8, 4) is 17.2 Å². The summed E-state index contributed by atoms with van der Waals surface area (Å²) in [4.78, 5) is 11.8. The SMILES string of the molecule is COc1cccc(CC(=O)N/N=C/c2cc(C(F)(F)F)ccc2S(=O)(=O)Oc2ccccc2)c1OC. The van der Waals surface area contributed by atoms with Crippen LogP contribution in [0.2, 0.25) is 0 Å². The Morgan fingerprint density at radius 1 is 1.00 bits per heavy atom. The van der Waals surface area contributed by atoms with Crippen LogP contribution in [0.5, 0.6) is 17.2 Å². The summed E-state index contributed by atoms with van der Waals surface area (Å²) in [6.07, 6.45) is -4.13. The van der Waals surface area contributed by atoms with Gasteiger partial charge in [-0.25, -0.2) is 5.43 Å². The number of para-hydroxylation sites is 2. The molecule has 0 radical (unpaired) electrons. The van der Waals surface area contributed by atoms with E-state index in [-0.39, 0.29) is 12.2 Å². The number of hydrogen-bond acceptors (Lipinski definition) is 7. The summed E-state index contributed by atoms with van der Waals surface area (Å²) in [7, 11) is -1.68. The first-order valence-corrected chi connectivity index (χ1v) is 11.7. The van der Waals surface area contributed by atoms with Crippen molar-refractivity contribution in [1.82, 2.24) is 5.43 Å². The van der Waals surface area contributed by atoms with Gasteiger partial charge < -0.3 is 13.7 Å². The van der Waals surface area contributed by atoms with E-state index in [4.69, 9.17) is 13.7 Å². The van der Waals surface area contributed by atoms with Crippen molar-refractivity contribution in [2.24, 2.45) is 5.10 Å². The van der Waals surface area contributed by atoms with Gasteiger partial charge in [-0.15, -0.1) is 0 Å². The number of rotatable bonds is 9. The summed E-state index contributed by atoms with van der Waals surface area (Å²) < 4.78 is 80.8. The minimum atomic E-state index is -4.74. The fourth-order valence-corrected chi connectivity index (χ4v) is 4.27. The van der Waals surface area contributed by atoms with Gasteiger partial charge in [0.25, 0.3) is 0 Å². The predicted molar refractivity (Wildman–Crippen MR) is 125 cm³/mol. The van der Waals surface area contributed by atoms with Gasteiger partial charge in [-0.1, -0.05) is 30.3 Å². The van der Waals surface area contributed by atoms with Crippen molar-refractivity contribution in [1.29, 1.82) is 0 Å². The topological polar surface area (TPSA) is 103 Å². The third kappa shape index (κ3) is 6.54. The quantitative estimate of drug-likeness (QED) is 0.257. The van der Waals surface area contributed by atoms with Crippen molar-refractivity contribution in [2.75, 3.05) is 14.2 Å². The highest BCUT2D eigenvalue weighted by molar-refractivity contribution is 7.87. The smallest absolute Gasteiger partial charge is 0.416 e. The van der Waals surface area contributed by atoms with Gasteiger partial charge in [0.05, 0.1) is 32.4 Å². The Kier molecular flexibility index (Phi) is 8.20. The zero-order chi connectivity index (χ0) is 26.3. The number of ether oxygens (including phenoxy) is 2. The van der Waals surface area contributed by atoms with Crippen molar-refractivity contribution >= 4 is 22.2 Å². The molecule has 12 heteroatoms. The molecule has 0 atom stereocenters. The van der Waals surface area contributed by atoms with Crippen LogP contribution in [0.4, 0.5) is 13.2 Å². The molecule has 0 saturated carbocycles. The fraction of sp³-hybridized carbons (Fsp3) is 0.167. The highest BCUT2D eigenvalue weighted by Gasteiger charge is 2.32. The van der Waals surface area contributed by atoms with Gasteiger partial charge in [0, 0.05) is 11.1 Å². The zero-order valence-electron chi connectivity index (χ0n) is 19.1. The van der Waals surface area contributed by atoms with Gasteiger partial charge in [0.15, 0.2) is 11.5 Å². The zero-order valence-corrected chi connectivity index (χ0v) is 19.9. The van der Waals surface area contributed by atoms with Crippen molar-refractivity contribution in [2.45, 2.75) is 17.5 Å². The number of alkyl halides is 3. The summed E-state index contributed by atoms with van der Waals surface area (Å²) in [5, 5.41) is 3.66. The monoisotopic (exact) mass is 522 g/mol. The third-order valence-electron chi connectivity index (χ3n) is 4.78. The summed E-state index contributed by atoms with van der Waals surface area (Å²) in [6, 6.07) is 14.4. The molecule has 0 spiro atoms. The van der Waals surface area contributed by atoms with Crippen LogP contribution in [-0.2, 0) is 27.5 Å². The Hall–Kier alpha value is -4.06. The summed E-state index contributed by atoms with van der Waals surface area (Å²) in [5.41, 5.74) is 1.12. The molecule has 1 amide bonds. The number of carbonyl (C=O) groups excluding carboxylic acids is 1. The van der Waals surface area contributed by atoms with Gasteiger partial charge in [-0.05, 0) is 36.4 Å². The molecule has 0 fully saturated rings. The van der Waals surface area contributed by atoms with E-state index in [0.29, 0.717) is 29.2 Å². The molecular weight excluding hydrogens is 501 g/mol. The second kappa shape index (κ2) is 11.1. The van der Waals surface area contributed by atoms with E-state index in [0.717, 1.165) is 12.3 Å². The number of benzene rings is 3. The number of methoxy groups -OCH3 is 2. The van der Waals surface area contributed by atoms with Gasteiger partial charge in [-0.2, -0.15) is 26.7 Å². The van der Waals surface area contributed by atoms with Crippen LogP contribution in [-0.4, -0.2) is 34.8 Å². The van der Waals surface area contributed by atoms with E-state index in [9.17, 15) is 26.4 Å². The molecule has 0 heterocycles. The Balaban J connectivity index is 1.86. The van der Waals surface area contributed by atoms with E-state index >= 15 is 0 Å². The predicted octanol–water partition coefficient (Wildman–Crippen LogP) is 4.18. The molecule has 8 nitrogen and oxygen atoms in total. The van der Waals surface area contributed by atoms with Crippen LogP contribution in [0, 0.1) is 0 Å². The van der Waals surface area contributed by atoms with Crippen molar-refractivity contribution in [3.63, 3.8) is 0 Å². The highest BCUT2D eigenvalue weighted by Crippen LogP contribution is 2.32. The molecule has 0 aliphatic heterocycles. The second-order valence-corrected chi connectivity index (χ2v) is 8.74. The van der Waals surface area contributed by atoms with E-state index in [1.54, 1.807) is 24.3 Å². The molecule has 36 heavy (non-hydrogen) atoms. The molecule has 1 N–H and O–H groups in total. The number of hydrazone groups is 1. The van der Waals surface area contributed by atoms with Gasteiger partial charge in [0.2, 0.25) is 5.91 Å².